The van der Waals surface area contributed by atoms with E-state index in [2.05, 4.69) is 38.1 Å². The normalized spacial score (nSPS) is 24.2. The van der Waals surface area contributed by atoms with Gasteiger partial charge in [-0.1, -0.05) is 26.8 Å². The number of carboxylic acids is 1. The average Bonchev–Trinajstić information content (AvgIpc) is 3.32. The fourth-order valence-electron chi connectivity index (χ4n) is 6.66. The summed E-state index contributed by atoms with van der Waals surface area (Å²) in [7, 11) is 1.55. The third-order valence-electron chi connectivity index (χ3n) is 9.46. The number of hydrogen-bond acceptors (Lipinski definition) is 9. The lowest BCUT2D eigenvalue weighted by Gasteiger charge is -2.35. The van der Waals surface area contributed by atoms with E-state index in [1.165, 1.54) is 11.0 Å². The van der Waals surface area contributed by atoms with Gasteiger partial charge in [-0.05, 0) is 72.5 Å². The first-order valence-electron chi connectivity index (χ1n) is 16.6. The van der Waals surface area contributed by atoms with E-state index in [0.29, 0.717) is 39.4 Å². The van der Waals surface area contributed by atoms with Crippen molar-refractivity contribution in [3.63, 3.8) is 0 Å². The number of rotatable bonds is 12. The van der Waals surface area contributed by atoms with Crippen LogP contribution in [0.1, 0.15) is 66.2 Å². The number of likely N-dealkylation sites (tertiary alicyclic amines) is 1. The number of nitrogens with zero attached hydrogens (tertiary/aromatic N) is 2. The number of fused-ring (bicyclic) bond motifs is 1. The molecule has 13 nitrogen and oxygen atoms in total. The molecule has 0 radical (unpaired) electrons. The van der Waals surface area contributed by atoms with Crippen LogP contribution < -0.4 is 24.8 Å². The molecule has 2 heterocycles. The number of halogens is 1. The summed E-state index contributed by atoms with van der Waals surface area (Å²) in [5, 5.41) is 16.1. The number of aromatic nitrogens is 1. The highest BCUT2D eigenvalue weighted by Gasteiger charge is 2.61. The number of methoxy groups -OCH3 is 1. The minimum Gasteiger partial charge on any atom is -0.495 e. The van der Waals surface area contributed by atoms with E-state index < -0.39 is 58.9 Å². The number of amides is 3. The molecule has 0 spiro atoms. The molecule has 3 aliphatic rings. The van der Waals surface area contributed by atoms with Crippen molar-refractivity contribution in [3.8, 4) is 17.4 Å². The number of pyridine rings is 1. The van der Waals surface area contributed by atoms with Crippen LogP contribution in [0.4, 0.5) is 4.79 Å². The lowest BCUT2D eigenvalue weighted by atomic mass is 9.85. The van der Waals surface area contributed by atoms with Crippen LogP contribution in [-0.4, -0.2) is 89.0 Å². The van der Waals surface area contributed by atoms with Gasteiger partial charge in [-0.2, -0.15) is 0 Å². The van der Waals surface area contributed by atoms with Gasteiger partial charge in [0, 0.05) is 23.8 Å². The molecule has 2 saturated carbocycles. The van der Waals surface area contributed by atoms with Crippen LogP contribution in [0.5, 0.6) is 17.4 Å². The SMILES string of the molecule is C=C[C@@H]1C[C@]1(NC(=O)[C@@H]1C[C@@H](Oc2cc(OCC)nc3c(Br)c(OC)ccc23)CN1C(=O)[C@@H](NC(=O)OC1CCCC1)C(C)(C)C)C(=O)O. The van der Waals surface area contributed by atoms with E-state index in [1.54, 1.807) is 25.3 Å². The molecule has 1 aromatic heterocycles. The van der Waals surface area contributed by atoms with Crippen LogP contribution in [0.15, 0.2) is 35.3 Å². The zero-order valence-corrected chi connectivity index (χ0v) is 30.1. The number of ether oxygens (including phenoxy) is 4. The summed E-state index contributed by atoms with van der Waals surface area (Å²) in [6.45, 7) is 11.3. The molecule has 49 heavy (non-hydrogen) atoms. The summed E-state index contributed by atoms with van der Waals surface area (Å²) in [5.41, 5.74) is -1.73. The maximum Gasteiger partial charge on any atom is 0.408 e. The lowest BCUT2D eigenvalue weighted by molar-refractivity contribution is -0.146. The Labute approximate surface area is 294 Å². The van der Waals surface area contributed by atoms with Crippen LogP contribution in [-0.2, 0) is 19.1 Å². The number of aliphatic carboxylic acids is 1. The van der Waals surface area contributed by atoms with Gasteiger partial charge in [-0.15, -0.1) is 6.58 Å². The third kappa shape index (κ3) is 7.58. The summed E-state index contributed by atoms with van der Waals surface area (Å²) < 4.78 is 23.9. The molecule has 0 unspecified atom stereocenters. The van der Waals surface area contributed by atoms with Gasteiger partial charge in [0.2, 0.25) is 17.7 Å². The largest absolute Gasteiger partial charge is 0.495 e. The molecular weight excluding hydrogens is 700 g/mol. The summed E-state index contributed by atoms with van der Waals surface area (Å²) in [4.78, 5) is 59.6. The van der Waals surface area contributed by atoms with E-state index in [-0.39, 0.29) is 25.5 Å². The molecule has 266 valence electrons. The van der Waals surface area contributed by atoms with Crippen LogP contribution >= 0.6 is 15.9 Å². The number of carbonyl (C=O) groups excluding carboxylic acids is 3. The van der Waals surface area contributed by atoms with Crippen molar-refractivity contribution in [2.75, 3.05) is 20.3 Å². The zero-order valence-electron chi connectivity index (χ0n) is 28.5. The van der Waals surface area contributed by atoms with E-state index in [9.17, 15) is 24.3 Å². The van der Waals surface area contributed by atoms with Crippen molar-refractivity contribution in [1.82, 2.24) is 20.5 Å². The maximum atomic E-state index is 14.4. The summed E-state index contributed by atoms with van der Waals surface area (Å²) >= 11 is 3.56. The Balaban J connectivity index is 1.46. The molecule has 1 aliphatic heterocycles. The van der Waals surface area contributed by atoms with Gasteiger partial charge in [-0.25, -0.2) is 14.6 Å². The Morgan fingerprint density at radius 1 is 1.18 bits per heavy atom. The van der Waals surface area contributed by atoms with E-state index in [4.69, 9.17) is 18.9 Å². The average molecular weight is 746 g/mol. The molecule has 2 aromatic rings. The van der Waals surface area contributed by atoms with E-state index in [1.807, 2.05) is 27.7 Å². The van der Waals surface area contributed by atoms with Crippen molar-refractivity contribution in [1.29, 1.82) is 0 Å². The van der Waals surface area contributed by atoms with Crippen LogP contribution in [0, 0.1) is 11.3 Å². The highest BCUT2D eigenvalue weighted by molar-refractivity contribution is 9.10. The van der Waals surface area contributed by atoms with Crippen molar-refractivity contribution in [2.24, 2.45) is 11.3 Å². The Kier molecular flexibility index (Phi) is 10.7. The minimum atomic E-state index is -1.50. The molecule has 2 aliphatic carbocycles. The first-order chi connectivity index (χ1) is 23.2. The molecule has 5 atom stereocenters. The quantitative estimate of drug-likeness (QED) is 0.252. The third-order valence-corrected chi connectivity index (χ3v) is 10.2. The second-order valence-electron chi connectivity index (χ2n) is 13.9. The Morgan fingerprint density at radius 2 is 1.90 bits per heavy atom. The fourth-order valence-corrected chi connectivity index (χ4v) is 7.26. The van der Waals surface area contributed by atoms with Crippen LogP contribution in [0.2, 0.25) is 0 Å². The van der Waals surface area contributed by atoms with Gasteiger partial charge in [0.05, 0.1) is 30.3 Å². The molecule has 1 aromatic carbocycles. The van der Waals surface area contributed by atoms with Gasteiger partial charge in [0.25, 0.3) is 0 Å². The standard InChI is InChI=1S/C35H45BrN4O9/c1-7-19-17-35(19,32(43)44)39-30(41)23-15-21(48-25-16-26(47-8-2)37-28-22(25)13-14-24(46-6)27(28)36)18-40(23)31(42)29(34(3,4)5)38-33(45)49-20-11-9-10-12-20/h7,13-14,16,19-21,23,29H,1,8-12,15,17-18H2,2-6H3,(H,38,45)(H,39,41)(H,43,44)/t19-,21-,23+,29-,35-/m1/s1. The van der Waals surface area contributed by atoms with Crippen molar-refractivity contribution in [3.05, 3.63) is 35.3 Å². The Bertz CT molecular complexity index is 1620. The van der Waals surface area contributed by atoms with Crippen molar-refractivity contribution < 1.29 is 43.2 Å². The predicted octanol–water partition coefficient (Wildman–Crippen LogP) is 4.98. The molecular formula is C35H45BrN4O9. The first kappa shape index (κ1) is 36.2. The van der Waals surface area contributed by atoms with Crippen LogP contribution in [0.3, 0.4) is 0 Å². The summed E-state index contributed by atoms with van der Waals surface area (Å²) in [6, 6.07) is 3.07. The Morgan fingerprint density at radius 3 is 2.49 bits per heavy atom. The van der Waals surface area contributed by atoms with Gasteiger partial charge in [-0.3, -0.25) is 9.59 Å². The van der Waals surface area contributed by atoms with Crippen LogP contribution in [0.25, 0.3) is 10.9 Å². The zero-order chi connectivity index (χ0) is 35.7. The number of alkyl carbamates (subject to hydrolysis) is 1. The monoisotopic (exact) mass is 744 g/mol. The molecule has 3 fully saturated rings. The second kappa shape index (κ2) is 14.4. The Hall–Kier alpha value is -4.07. The number of hydrogen-bond donors (Lipinski definition) is 3. The predicted molar refractivity (Wildman–Crippen MR) is 184 cm³/mol. The fraction of sp³-hybridized carbons (Fsp3) is 0.571. The number of nitrogens with one attached hydrogen (secondary N) is 2. The number of benzene rings is 1. The molecule has 1 saturated heterocycles. The molecule has 14 heteroatoms. The van der Waals surface area contributed by atoms with Gasteiger partial charge in [0.15, 0.2) is 0 Å². The summed E-state index contributed by atoms with van der Waals surface area (Å²) in [5.74, 6) is -1.48. The first-order valence-corrected chi connectivity index (χ1v) is 17.4. The smallest absolute Gasteiger partial charge is 0.408 e. The number of carboxylic acid groups (broad SMARTS) is 1. The highest BCUT2D eigenvalue weighted by Crippen LogP contribution is 2.45. The summed E-state index contributed by atoms with van der Waals surface area (Å²) in [6.07, 6.45) is 3.63. The minimum absolute atomic E-state index is 0.0150. The maximum absolute atomic E-state index is 14.4. The molecule has 0 bridgehead atoms. The van der Waals surface area contributed by atoms with Gasteiger partial charge >= 0.3 is 12.1 Å². The second-order valence-corrected chi connectivity index (χ2v) is 14.7. The van der Waals surface area contributed by atoms with Crippen molar-refractivity contribution >= 4 is 50.7 Å². The number of carbonyl (C=O) groups is 4. The molecule has 5 rings (SSSR count). The molecule has 3 amide bonds. The lowest BCUT2D eigenvalue weighted by Crippen LogP contribution is -2.59. The molecule has 3 N–H and O–H groups in total. The van der Waals surface area contributed by atoms with Gasteiger partial charge in [0.1, 0.15) is 41.3 Å². The van der Waals surface area contributed by atoms with E-state index >= 15 is 0 Å². The van der Waals surface area contributed by atoms with Gasteiger partial charge < -0.3 is 39.6 Å². The highest BCUT2D eigenvalue weighted by atomic mass is 79.9. The van der Waals surface area contributed by atoms with Crippen molar-refractivity contribution in [2.45, 2.75) is 96.1 Å². The topological polar surface area (TPSA) is 166 Å². The van der Waals surface area contributed by atoms with E-state index in [0.717, 1.165) is 25.7 Å².